The number of hydrogen-bond acceptors (Lipinski definition) is 4. The second kappa shape index (κ2) is 4.58. The first-order valence-electron chi connectivity index (χ1n) is 3.91. The minimum absolute atomic E-state index is 0.0210. The second-order valence-corrected chi connectivity index (χ2v) is 2.99. The first kappa shape index (κ1) is 11.2. The Morgan fingerprint density at radius 3 is 2.67 bits per heavy atom. The number of benzene rings is 1. The van der Waals surface area contributed by atoms with E-state index in [1.54, 1.807) is 6.07 Å². The highest BCUT2D eigenvalue weighted by Gasteiger charge is 2.16. The average Bonchev–Trinajstić information content (AvgIpc) is 2.26. The zero-order valence-corrected chi connectivity index (χ0v) is 8.54. The van der Waals surface area contributed by atoms with E-state index < -0.39 is 5.24 Å². The van der Waals surface area contributed by atoms with Crippen molar-refractivity contribution in [2.24, 2.45) is 0 Å². The Morgan fingerprint density at radius 2 is 2.27 bits per heavy atom. The maximum atomic E-state index is 11.1. The average molecular weight is 224 g/mol. The van der Waals surface area contributed by atoms with Gasteiger partial charge >= 0.3 is 0 Å². The molecule has 0 N–H and O–H groups in total. The molecule has 76 valence electrons. The lowest BCUT2D eigenvalue weighted by atomic mass is 10.0. The molecular weight excluding hydrogens is 218 g/mol. The third-order valence-electron chi connectivity index (χ3n) is 1.80. The highest BCUT2D eigenvalue weighted by molar-refractivity contribution is 6.68. The van der Waals surface area contributed by atoms with E-state index in [4.69, 9.17) is 21.6 Å². The summed E-state index contributed by atoms with van der Waals surface area (Å²) < 4.78 is 4.88. The molecule has 1 rings (SSSR count). The van der Waals surface area contributed by atoms with Crippen LogP contribution in [0.2, 0.25) is 0 Å². The van der Waals surface area contributed by atoms with Crippen molar-refractivity contribution in [2.75, 3.05) is 7.11 Å². The number of carbonyl (C=O) groups is 2. The Kier molecular flexibility index (Phi) is 3.42. The molecule has 0 aliphatic carbocycles. The highest BCUT2D eigenvalue weighted by atomic mass is 35.5. The number of halogens is 1. The van der Waals surface area contributed by atoms with E-state index in [2.05, 4.69) is 0 Å². The molecule has 4 nitrogen and oxygen atoms in total. The summed E-state index contributed by atoms with van der Waals surface area (Å²) in [5.41, 5.74) is 0.258. The normalized spacial score (nSPS) is 9.13. The van der Waals surface area contributed by atoms with E-state index in [1.165, 1.54) is 19.2 Å². The Bertz CT molecular complexity index is 462. The van der Waals surface area contributed by atoms with Crippen LogP contribution in [0.3, 0.4) is 0 Å². The van der Waals surface area contributed by atoms with Crippen LogP contribution in [0, 0.1) is 11.3 Å². The van der Waals surface area contributed by atoms with Gasteiger partial charge in [0.1, 0.15) is 18.1 Å². The van der Waals surface area contributed by atoms with Gasteiger partial charge in [0.25, 0.3) is 5.24 Å². The molecule has 0 aromatic heterocycles. The maximum Gasteiger partial charge on any atom is 0.257 e. The Morgan fingerprint density at radius 1 is 1.60 bits per heavy atom. The first-order chi connectivity index (χ1) is 7.13. The zero-order valence-electron chi connectivity index (χ0n) is 7.78. The molecule has 0 amide bonds. The molecule has 1 aromatic rings. The number of methoxy groups -OCH3 is 1. The van der Waals surface area contributed by atoms with Crippen LogP contribution < -0.4 is 4.74 Å². The summed E-state index contributed by atoms with van der Waals surface area (Å²) in [7, 11) is 1.33. The molecule has 0 saturated heterocycles. The SMILES string of the molecule is COc1cc(C=O)cc(C#N)c1C(=O)Cl. The molecule has 0 spiro atoms. The summed E-state index contributed by atoms with van der Waals surface area (Å²) in [6.45, 7) is 0. The van der Waals surface area contributed by atoms with Gasteiger partial charge in [0.05, 0.1) is 18.2 Å². The van der Waals surface area contributed by atoms with Crippen LogP contribution >= 0.6 is 11.6 Å². The van der Waals surface area contributed by atoms with Crippen LogP contribution in [-0.4, -0.2) is 18.6 Å². The van der Waals surface area contributed by atoms with Crippen molar-refractivity contribution in [3.8, 4) is 11.8 Å². The topological polar surface area (TPSA) is 67.2 Å². The van der Waals surface area contributed by atoms with Crippen molar-refractivity contribution in [3.63, 3.8) is 0 Å². The highest BCUT2D eigenvalue weighted by Crippen LogP contribution is 2.25. The molecule has 0 radical (unpaired) electrons. The third-order valence-corrected chi connectivity index (χ3v) is 1.99. The van der Waals surface area contributed by atoms with Crippen molar-refractivity contribution >= 4 is 23.1 Å². The fourth-order valence-electron chi connectivity index (χ4n) is 1.16. The lowest BCUT2D eigenvalue weighted by molar-refractivity contribution is 0.107. The Labute approximate surface area is 91.0 Å². The van der Waals surface area contributed by atoms with Crippen LogP contribution in [0.25, 0.3) is 0 Å². The lowest BCUT2D eigenvalue weighted by Gasteiger charge is -2.06. The van der Waals surface area contributed by atoms with Gasteiger partial charge in [-0.3, -0.25) is 9.59 Å². The number of nitriles is 1. The summed E-state index contributed by atoms with van der Waals surface area (Å²) in [5, 5.41) is 7.98. The summed E-state index contributed by atoms with van der Waals surface area (Å²) in [6.07, 6.45) is 0.561. The maximum absolute atomic E-state index is 11.1. The van der Waals surface area contributed by atoms with Crippen LogP contribution in [0.1, 0.15) is 26.3 Å². The van der Waals surface area contributed by atoms with E-state index >= 15 is 0 Å². The molecule has 0 aliphatic heterocycles. The van der Waals surface area contributed by atoms with Gasteiger partial charge in [-0.2, -0.15) is 5.26 Å². The number of rotatable bonds is 3. The van der Waals surface area contributed by atoms with Gasteiger partial charge in [-0.1, -0.05) is 0 Å². The summed E-state index contributed by atoms with van der Waals surface area (Å²) in [5.74, 6) is 0.121. The molecule has 0 saturated carbocycles. The van der Waals surface area contributed by atoms with Crippen LogP contribution in [0.4, 0.5) is 0 Å². The zero-order chi connectivity index (χ0) is 11.4. The summed E-state index contributed by atoms with van der Waals surface area (Å²) >= 11 is 5.31. The molecular formula is C10H6ClNO3. The molecule has 1 aromatic carbocycles. The first-order valence-corrected chi connectivity index (χ1v) is 4.29. The van der Waals surface area contributed by atoms with Gasteiger partial charge in [0.15, 0.2) is 0 Å². The largest absolute Gasteiger partial charge is 0.496 e. The van der Waals surface area contributed by atoms with Crippen LogP contribution in [0.15, 0.2) is 12.1 Å². The predicted molar refractivity (Wildman–Crippen MR) is 53.3 cm³/mol. The number of carbonyl (C=O) groups excluding carboxylic acids is 2. The van der Waals surface area contributed by atoms with E-state index in [-0.39, 0.29) is 22.4 Å². The molecule has 0 fully saturated rings. The fraction of sp³-hybridized carbons (Fsp3) is 0.100. The van der Waals surface area contributed by atoms with E-state index in [0.717, 1.165) is 0 Å². The smallest absolute Gasteiger partial charge is 0.257 e. The molecule has 0 heterocycles. The van der Waals surface area contributed by atoms with Gasteiger partial charge in [-0.25, -0.2) is 0 Å². The van der Waals surface area contributed by atoms with Gasteiger partial charge in [-0.05, 0) is 23.7 Å². The van der Waals surface area contributed by atoms with Gasteiger partial charge in [0, 0.05) is 5.56 Å². The minimum Gasteiger partial charge on any atom is -0.496 e. The molecule has 0 bridgehead atoms. The van der Waals surface area contributed by atoms with E-state index in [1.807, 2.05) is 0 Å². The number of aldehydes is 1. The van der Waals surface area contributed by atoms with Gasteiger partial charge in [-0.15, -0.1) is 0 Å². The number of ether oxygens (including phenoxy) is 1. The molecule has 0 aliphatic rings. The molecule has 5 heteroatoms. The quantitative estimate of drug-likeness (QED) is 0.578. The minimum atomic E-state index is -0.791. The van der Waals surface area contributed by atoms with Crippen LogP contribution in [0.5, 0.6) is 5.75 Å². The number of hydrogen-bond donors (Lipinski definition) is 0. The van der Waals surface area contributed by atoms with Crippen molar-refractivity contribution < 1.29 is 14.3 Å². The van der Waals surface area contributed by atoms with E-state index in [9.17, 15) is 9.59 Å². The molecule has 0 unspecified atom stereocenters. The Balaban J connectivity index is 3.55. The third kappa shape index (κ3) is 2.14. The second-order valence-electron chi connectivity index (χ2n) is 2.65. The van der Waals surface area contributed by atoms with Gasteiger partial charge in [0.2, 0.25) is 0 Å². The molecule has 15 heavy (non-hydrogen) atoms. The lowest BCUT2D eigenvalue weighted by Crippen LogP contribution is -2.01. The summed E-state index contributed by atoms with van der Waals surface area (Å²) in [6, 6.07) is 4.42. The van der Waals surface area contributed by atoms with Crippen molar-refractivity contribution in [3.05, 3.63) is 28.8 Å². The fourth-order valence-corrected chi connectivity index (χ4v) is 1.35. The van der Waals surface area contributed by atoms with Crippen LogP contribution in [-0.2, 0) is 0 Å². The van der Waals surface area contributed by atoms with Crippen molar-refractivity contribution in [1.29, 1.82) is 5.26 Å². The van der Waals surface area contributed by atoms with Crippen molar-refractivity contribution in [2.45, 2.75) is 0 Å². The molecule has 0 atom stereocenters. The monoisotopic (exact) mass is 223 g/mol. The van der Waals surface area contributed by atoms with Crippen molar-refractivity contribution in [1.82, 2.24) is 0 Å². The predicted octanol–water partition coefficient (Wildman–Crippen LogP) is 1.76. The van der Waals surface area contributed by atoms with Gasteiger partial charge < -0.3 is 4.74 Å². The van der Waals surface area contributed by atoms with E-state index in [0.29, 0.717) is 6.29 Å². The Hall–Kier alpha value is -1.86. The number of nitrogens with zero attached hydrogens (tertiary/aromatic N) is 1. The summed E-state index contributed by atoms with van der Waals surface area (Å²) in [4.78, 5) is 21.6. The standard InChI is InChI=1S/C10H6ClNO3/c1-15-8-3-6(5-13)2-7(4-12)9(8)10(11)14/h2-3,5H,1H3.